The molecule has 0 bridgehead atoms. The Labute approximate surface area is 121 Å². The van der Waals surface area contributed by atoms with Crippen LogP contribution in [0.5, 0.6) is 5.75 Å². The summed E-state index contributed by atoms with van der Waals surface area (Å²) in [5, 5.41) is 4.24. The normalized spacial score (nSPS) is 15.4. The van der Waals surface area contributed by atoms with Crippen molar-refractivity contribution in [3.05, 3.63) is 28.3 Å². The minimum atomic E-state index is 0.591. The number of ether oxygens (including phenoxy) is 1. The van der Waals surface area contributed by atoms with Crippen LogP contribution in [0.2, 0.25) is 5.02 Å². The molecule has 0 saturated carbocycles. The zero-order valence-electron chi connectivity index (χ0n) is 12.1. The molecule has 1 aliphatic heterocycles. The molecule has 19 heavy (non-hydrogen) atoms. The topological polar surface area (TPSA) is 21.3 Å². The molecule has 1 aliphatic rings. The maximum Gasteiger partial charge on any atom is 0.125 e. The molecule has 0 spiro atoms. The van der Waals surface area contributed by atoms with Crippen molar-refractivity contribution >= 4 is 11.6 Å². The summed E-state index contributed by atoms with van der Waals surface area (Å²) in [4.78, 5) is 0. The lowest BCUT2D eigenvalue weighted by Crippen LogP contribution is -2.30. The summed E-state index contributed by atoms with van der Waals surface area (Å²) in [5.41, 5.74) is 2.55. The van der Waals surface area contributed by atoms with Crippen LogP contribution in [0.15, 0.2) is 12.1 Å². The summed E-state index contributed by atoms with van der Waals surface area (Å²) in [6.07, 6.45) is 4.40. The molecule has 1 aromatic carbocycles. The molecule has 2 nitrogen and oxygen atoms in total. The lowest BCUT2D eigenvalue weighted by molar-refractivity contribution is 0.351. The standard InChI is InChI=1S/C16H24ClNO/c1-11(2)15(18-3)6-4-5-12-9-14(17)10-13-7-8-19-16(12)13/h9-11,15,18H,4-8H2,1-3H3. The fraction of sp³-hybridized carbons (Fsp3) is 0.625. The van der Waals surface area contributed by atoms with Gasteiger partial charge in [-0.2, -0.15) is 0 Å². The third kappa shape index (κ3) is 3.64. The van der Waals surface area contributed by atoms with E-state index in [9.17, 15) is 0 Å². The Balaban J connectivity index is 1.97. The predicted molar refractivity (Wildman–Crippen MR) is 81.3 cm³/mol. The molecule has 0 amide bonds. The highest BCUT2D eigenvalue weighted by Crippen LogP contribution is 2.33. The molecule has 0 saturated heterocycles. The van der Waals surface area contributed by atoms with E-state index in [1.54, 1.807) is 0 Å². The van der Waals surface area contributed by atoms with Crippen molar-refractivity contribution in [1.82, 2.24) is 5.32 Å². The van der Waals surface area contributed by atoms with E-state index in [0.29, 0.717) is 12.0 Å². The van der Waals surface area contributed by atoms with Gasteiger partial charge >= 0.3 is 0 Å². The van der Waals surface area contributed by atoms with Crippen LogP contribution in [0.3, 0.4) is 0 Å². The first kappa shape index (κ1) is 14.7. The van der Waals surface area contributed by atoms with Gasteiger partial charge in [0, 0.05) is 17.5 Å². The molecule has 0 aromatic heterocycles. The molecule has 1 atom stereocenters. The molecule has 1 unspecified atom stereocenters. The summed E-state index contributed by atoms with van der Waals surface area (Å²) in [6, 6.07) is 4.70. The number of benzene rings is 1. The Morgan fingerprint density at radius 3 is 2.84 bits per heavy atom. The van der Waals surface area contributed by atoms with Crippen molar-refractivity contribution in [3.63, 3.8) is 0 Å². The summed E-state index contributed by atoms with van der Waals surface area (Å²) >= 11 is 6.18. The summed E-state index contributed by atoms with van der Waals surface area (Å²) in [6.45, 7) is 5.33. The van der Waals surface area contributed by atoms with Gasteiger partial charge in [-0.3, -0.25) is 0 Å². The molecule has 1 heterocycles. The van der Waals surface area contributed by atoms with E-state index in [0.717, 1.165) is 30.2 Å². The Hall–Kier alpha value is -0.730. The van der Waals surface area contributed by atoms with Gasteiger partial charge < -0.3 is 10.1 Å². The van der Waals surface area contributed by atoms with Gasteiger partial charge in [-0.15, -0.1) is 0 Å². The highest BCUT2D eigenvalue weighted by Gasteiger charge is 2.18. The quantitative estimate of drug-likeness (QED) is 0.855. The Morgan fingerprint density at radius 2 is 2.16 bits per heavy atom. The van der Waals surface area contributed by atoms with Crippen LogP contribution in [0.25, 0.3) is 0 Å². The maximum atomic E-state index is 6.18. The first-order chi connectivity index (χ1) is 9.11. The largest absolute Gasteiger partial charge is 0.493 e. The minimum Gasteiger partial charge on any atom is -0.493 e. The van der Waals surface area contributed by atoms with Gasteiger partial charge in [0.05, 0.1) is 6.61 Å². The average molecular weight is 282 g/mol. The number of hydrogen-bond acceptors (Lipinski definition) is 2. The van der Waals surface area contributed by atoms with E-state index in [2.05, 4.69) is 25.2 Å². The second-order valence-corrected chi connectivity index (χ2v) is 6.12. The number of halogens is 1. The van der Waals surface area contributed by atoms with Crippen LogP contribution in [-0.2, 0) is 12.8 Å². The SMILES string of the molecule is CNC(CCCc1cc(Cl)cc2c1OCC2)C(C)C. The van der Waals surface area contributed by atoms with E-state index in [-0.39, 0.29) is 0 Å². The third-order valence-electron chi connectivity index (χ3n) is 3.96. The van der Waals surface area contributed by atoms with Gasteiger partial charge in [-0.1, -0.05) is 25.4 Å². The van der Waals surface area contributed by atoms with Crippen molar-refractivity contribution in [3.8, 4) is 5.75 Å². The van der Waals surface area contributed by atoms with E-state index >= 15 is 0 Å². The highest BCUT2D eigenvalue weighted by atomic mass is 35.5. The second kappa shape index (κ2) is 6.62. The first-order valence-corrected chi connectivity index (χ1v) is 7.61. The van der Waals surface area contributed by atoms with E-state index in [1.807, 2.05) is 13.1 Å². The molecule has 0 aliphatic carbocycles. The molecule has 1 N–H and O–H groups in total. The van der Waals surface area contributed by atoms with Crippen molar-refractivity contribution in [2.75, 3.05) is 13.7 Å². The van der Waals surface area contributed by atoms with E-state index < -0.39 is 0 Å². The van der Waals surface area contributed by atoms with Crippen LogP contribution in [0, 0.1) is 5.92 Å². The third-order valence-corrected chi connectivity index (χ3v) is 4.18. The predicted octanol–water partition coefficient (Wildman–Crippen LogP) is 3.84. The smallest absolute Gasteiger partial charge is 0.125 e. The molecule has 1 aromatic rings. The lowest BCUT2D eigenvalue weighted by atomic mass is 9.96. The Morgan fingerprint density at radius 1 is 1.37 bits per heavy atom. The highest BCUT2D eigenvalue weighted by molar-refractivity contribution is 6.30. The van der Waals surface area contributed by atoms with Crippen LogP contribution in [0.4, 0.5) is 0 Å². The van der Waals surface area contributed by atoms with E-state index in [1.165, 1.54) is 24.0 Å². The number of hydrogen-bond donors (Lipinski definition) is 1. The molecular formula is C16H24ClNO. The van der Waals surface area contributed by atoms with Crippen molar-refractivity contribution in [1.29, 1.82) is 0 Å². The summed E-state index contributed by atoms with van der Waals surface area (Å²) in [7, 11) is 2.05. The first-order valence-electron chi connectivity index (χ1n) is 7.23. The van der Waals surface area contributed by atoms with Gasteiger partial charge in [0.15, 0.2) is 0 Å². The van der Waals surface area contributed by atoms with Crippen LogP contribution in [-0.4, -0.2) is 19.7 Å². The number of nitrogens with one attached hydrogen (secondary N) is 1. The molecular weight excluding hydrogens is 258 g/mol. The number of aryl methyl sites for hydroxylation is 1. The monoisotopic (exact) mass is 281 g/mol. The second-order valence-electron chi connectivity index (χ2n) is 5.68. The van der Waals surface area contributed by atoms with Crippen LogP contribution in [0.1, 0.15) is 37.8 Å². The van der Waals surface area contributed by atoms with Gasteiger partial charge in [-0.25, -0.2) is 0 Å². The molecule has 2 rings (SSSR count). The van der Waals surface area contributed by atoms with Gasteiger partial charge in [0.25, 0.3) is 0 Å². The lowest BCUT2D eigenvalue weighted by Gasteiger charge is -2.20. The Bertz CT molecular complexity index is 431. The fourth-order valence-electron chi connectivity index (χ4n) is 2.86. The van der Waals surface area contributed by atoms with Crippen LogP contribution >= 0.6 is 11.6 Å². The van der Waals surface area contributed by atoms with Gasteiger partial charge in [0.1, 0.15) is 5.75 Å². The van der Waals surface area contributed by atoms with E-state index in [4.69, 9.17) is 16.3 Å². The molecule has 106 valence electrons. The zero-order chi connectivity index (χ0) is 13.8. The Kier molecular flexibility index (Phi) is 5.12. The van der Waals surface area contributed by atoms with Gasteiger partial charge in [0.2, 0.25) is 0 Å². The zero-order valence-corrected chi connectivity index (χ0v) is 12.9. The van der Waals surface area contributed by atoms with Crippen molar-refractivity contribution < 1.29 is 4.74 Å². The summed E-state index contributed by atoms with van der Waals surface area (Å²) < 4.78 is 5.74. The maximum absolute atomic E-state index is 6.18. The van der Waals surface area contributed by atoms with Crippen molar-refractivity contribution in [2.24, 2.45) is 5.92 Å². The van der Waals surface area contributed by atoms with Gasteiger partial charge in [-0.05, 0) is 55.5 Å². The molecule has 0 radical (unpaired) electrons. The molecule has 0 fully saturated rings. The average Bonchev–Trinajstić information content (AvgIpc) is 2.81. The minimum absolute atomic E-state index is 0.591. The summed E-state index contributed by atoms with van der Waals surface area (Å²) in [5.74, 6) is 1.77. The fourth-order valence-corrected chi connectivity index (χ4v) is 3.12. The molecule has 3 heteroatoms. The number of fused-ring (bicyclic) bond motifs is 1. The van der Waals surface area contributed by atoms with Crippen molar-refractivity contribution in [2.45, 2.75) is 45.6 Å². The number of rotatable bonds is 6. The van der Waals surface area contributed by atoms with Crippen LogP contribution < -0.4 is 10.1 Å².